The zero-order valence-corrected chi connectivity index (χ0v) is 19.2. The first-order valence-electron chi connectivity index (χ1n) is 11.3. The van der Waals surface area contributed by atoms with Gasteiger partial charge in [-0.15, -0.1) is 0 Å². The van der Waals surface area contributed by atoms with Gasteiger partial charge in [0.05, 0.1) is 18.6 Å². The number of benzene rings is 1. The molecule has 0 N–H and O–H groups in total. The van der Waals surface area contributed by atoms with Gasteiger partial charge in [-0.1, -0.05) is 30.3 Å². The first-order chi connectivity index (χ1) is 16.0. The SMILES string of the molecule is COCCN1C(=O)C[C@](CC(=O)N2CCN(c3ccccn3)CC2)(c2ccccc2C)C1=O. The Labute approximate surface area is 194 Å². The minimum Gasteiger partial charge on any atom is -0.383 e. The van der Waals surface area contributed by atoms with Crippen LogP contribution in [0.5, 0.6) is 0 Å². The Morgan fingerprint density at radius 1 is 1.06 bits per heavy atom. The highest BCUT2D eigenvalue weighted by atomic mass is 16.5. The van der Waals surface area contributed by atoms with Crippen LogP contribution in [0.4, 0.5) is 5.82 Å². The number of anilines is 1. The number of aryl methyl sites for hydroxylation is 1. The predicted molar refractivity (Wildman–Crippen MR) is 124 cm³/mol. The monoisotopic (exact) mass is 450 g/mol. The van der Waals surface area contributed by atoms with Crippen LogP contribution < -0.4 is 4.90 Å². The fourth-order valence-corrected chi connectivity index (χ4v) is 4.86. The second-order valence-corrected chi connectivity index (χ2v) is 8.65. The van der Waals surface area contributed by atoms with E-state index in [0.29, 0.717) is 26.2 Å². The van der Waals surface area contributed by atoms with Gasteiger partial charge in [0.25, 0.3) is 0 Å². The number of ether oxygens (including phenoxy) is 1. The van der Waals surface area contributed by atoms with Gasteiger partial charge in [0, 0.05) is 52.3 Å². The molecule has 2 fully saturated rings. The summed E-state index contributed by atoms with van der Waals surface area (Å²) in [6.45, 7) is 4.83. The van der Waals surface area contributed by atoms with Crippen molar-refractivity contribution in [1.82, 2.24) is 14.8 Å². The molecule has 174 valence electrons. The van der Waals surface area contributed by atoms with Crippen LogP contribution in [0, 0.1) is 6.92 Å². The highest BCUT2D eigenvalue weighted by Gasteiger charge is 2.54. The lowest BCUT2D eigenvalue weighted by atomic mass is 9.74. The van der Waals surface area contributed by atoms with Crippen LogP contribution in [-0.4, -0.2) is 78.9 Å². The Hall–Kier alpha value is -3.26. The summed E-state index contributed by atoms with van der Waals surface area (Å²) in [5.74, 6) is 0.229. The molecule has 0 unspecified atom stereocenters. The molecule has 0 spiro atoms. The average Bonchev–Trinajstić information content (AvgIpc) is 3.07. The number of imide groups is 1. The van der Waals surface area contributed by atoms with Crippen LogP contribution in [0.15, 0.2) is 48.7 Å². The van der Waals surface area contributed by atoms with Crippen LogP contribution in [0.1, 0.15) is 24.0 Å². The third-order valence-corrected chi connectivity index (χ3v) is 6.65. The summed E-state index contributed by atoms with van der Waals surface area (Å²) >= 11 is 0. The Morgan fingerprint density at radius 3 is 2.45 bits per heavy atom. The highest BCUT2D eigenvalue weighted by Crippen LogP contribution is 2.41. The number of pyridine rings is 1. The molecular formula is C25H30N4O4. The molecule has 2 aliphatic rings. The fraction of sp³-hybridized carbons (Fsp3) is 0.440. The second kappa shape index (κ2) is 9.70. The first-order valence-corrected chi connectivity index (χ1v) is 11.3. The van der Waals surface area contributed by atoms with Crippen molar-refractivity contribution in [2.75, 3.05) is 51.3 Å². The van der Waals surface area contributed by atoms with Crippen molar-refractivity contribution in [2.45, 2.75) is 25.2 Å². The summed E-state index contributed by atoms with van der Waals surface area (Å²) in [5.41, 5.74) is 0.481. The second-order valence-electron chi connectivity index (χ2n) is 8.65. The van der Waals surface area contributed by atoms with Crippen LogP contribution >= 0.6 is 0 Å². The standard InChI is InChI=1S/C25H30N4O4/c1-19-7-3-4-8-20(19)25(18-23(31)29(24(25)32)15-16-33-2)17-22(30)28-13-11-27(12-14-28)21-9-5-6-10-26-21/h3-10H,11-18H2,1-2H3/t25-/m1/s1. The Bertz CT molecular complexity index is 1020. The number of hydrogen-bond acceptors (Lipinski definition) is 6. The molecule has 33 heavy (non-hydrogen) atoms. The minimum atomic E-state index is -1.18. The van der Waals surface area contributed by atoms with Gasteiger partial charge < -0.3 is 14.5 Å². The lowest BCUT2D eigenvalue weighted by molar-refractivity contribution is -0.143. The van der Waals surface area contributed by atoms with Gasteiger partial charge in [0.1, 0.15) is 5.82 Å². The zero-order valence-electron chi connectivity index (χ0n) is 19.2. The maximum absolute atomic E-state index is 13.6. The third-order valence-electron chi connectivity index (χ3n) is 6.65. The molecule has 2 saturated heterocycles. The van der Waals surface area contributed by atoms with E-state index >= 15 is 0 Å². The molecule has 2 aromatic rings. The summed E-state index contributed by atoms with van der Waals surface area (Å²) in [6.07, 6.45) is 1.74. The molecule has 3 amide bonds. The van der Waals surface area contributed by atoms with Gasteiger partial charge in [-0.2, -0.15) is 0 Å². The number of amides is 3. The maximum atomic E-state index is 13.6. The van der Waals surface area contributed by atoms with Crippen LogP contribution in [-0.2, 0) is 24.5 Å². The first kappa shape index (κ1) is 22.9. The highest BCUT2D eigenvalue weighted by molar-refractivity contribution is 6.11. The molecule has 0 bridgehead atoms. The van der Waals surface area contributed by atoms with Crippen molar-refractivity contribution in [1.29, 1.82) is 0 Å². The molecule has 0 saturated carbocycles. The van der Waals surface area contributed by atoms with Crippen LogP contribution in [0.2, 0.25) is 0 Å². The van der Waals surface area contributed by atoms with E-state index in [9.17, 15) is 14.4 Å². The predicted octanol–water partition coefficient (Wildman–Crippen LogP) is 1.77. The molecule has 1 aromatic heterocycles. The van der Waals surface area contributed by atoms with E-state index < -0.39 is 5.41 Å². The van der Waals surface area contributed by atoms with Gasteiger partial charge >= 0.3 is 0 Å². The number of piperazine rings is 1. The molecule has 1 aromatic carbocycles. The van der Waals surface area contributed by atoms with Crippen molar-refractivity contribution in [2.24, 2.45) is 0 Å². The van der Waals surface area contributed by atoms with E-state index in [4.69, 9.17) is 4.74 Å². The van der Waals surface area contributed by atoms with E-state index in [0.717, 1.165) is 16.9 Å². The normalized spacial score (nSPS) is 21.1. The number of aromatic nitrogens is 1. The van der Waals surface area contributed by atoms with Gasteiger partial charge in [-0.05, 0) is 30.2 Å². The summed E-state index contributed by atoms with van der Waals surface area (Å²) < 4.78 is 5.09. The largest absolute Gasteiger partial charge is 0.383 e. The van der Waals surface area contributed by atoms with Gasteiger partial charge in [0.15, 0.2) is 0 Å². The van der Waals surface area contributed by atoms with Crippen molar-refractivity contribution in [3.63, 3.8) is 0 Å². The van der Waals surface area contributed by atoms with Gasteiger partial charge in [0.2, 0.25) is 17.7 Å². The number of hydrogen-bond donors (Lipinski definition) is 0. The Kier molecular flexibility index (Phi) is 6.74. The minimum absolute atomic E-state index is 0.0000410. The molecule has 8 heteroatoms. The molecule has 1 atom stereocenters. The summed E-state index contributed by atoms with van der Waals surface area (Å²) in [7, 11) is 1.54. The van der Waals surface area contributed by atoms with Crippen molar-refractivity contribution < 1.29 is 19.1 Å². The topological polar surface area (TPSA) is 83.1 Å². The molecule has 2 aliphatic heterocycles. The average molecular weight is 451 g/mol. The number of rotatable bonds is 7. The maximum Gasteiger partial charge on any atom is 0.240 e. The number of carbonyl (C=O) groups excluding carboxylic acids is 3. The van der Waals surface area contributed by atoms with E-state index in [1.54, 1.807) is 11.1 Å². The van der Waals surface area contributed by atoms with Crippen LogP contribution in [0.3, 0.4) is 0 Å². The van der Waals surface area contributed by atoms with Crippen molar-refractivity contribution >= 4 is 23.5 Å². The Morgan fingerprint density at radius 2 is 1.79 bits per heavy atom. The molecule has 8 nitrogen and oxygen atoms in total. The smallest absolute Gasteiger partial charge is 0.240 e. The number of carbonyl (C=O) groups is 3. The molecule has 0 radical (unpaired) electrons. The quantitative estimate of drug-likeness (QED) is 0.598. The lowest BCUT2D eigenvalue weighted by Gasteiger charge is -2.37. The fourth-order valence-electron chi connectivity index (χ4n) is 4.86. The van der Waals surface area contributed by atoms with Crippen molar-refractivity contribution in [3.05, 3.63) is 59.8 Å². The van der Waals surface area contributed by atoms with Gasteiger partial charge in [-0.3, -0.25) is 19.3 Å². The number of nitrogens with zero attached hydrogens (tertiary/aromatic N) is 4. The summed E-state index contributed by atoms with van der Waals surface area (Å²) in [4.78, 5) is 49.5. The van der Waals surface area contributed by atoms with E-state index in [2.05, 4.69) is 9.88 Å². The summed E-state index contributed by atoms with van der Waals surface area (Å²) in [5, 5.41) is 0. The van der Waals surface area contributed by atoms with Gasteiger partial charge in [-0.25, -0.2) is 4.98 Å². The van der Waals surface area contributed by atoms with Crippen molar-refractivity contribution in [3.8, 4) is 0 Å². The summed E-state index contributed by atoms with van der Waals surface area (Å²) in [6, 6.07) is 13.3. The van der Waals surface area contributed by atoms with E-state index in [-0.39, 0.29) is 43.7 Å². The molecular weight excluding hydrogens is 420 g/mol. The van der Waals surface area contributed by atoms with Crippen LogP contribution in [0.25, 0.3) is 0 Å². The van der Waals surface area contributed by atoms with E-state index in [1.807, 2.05) is 49.4 Å². The molecule has 4 rings (SSSR count). The number of likely N-dealkylation sites (tertiary alicyclic amines) is 1. The lowest BCUT2D eigenvalue weighted by Crippen LogP contribution is -2.51. The zero-order chi connectivity index (χ0) is 23.4. The Balaban J connectivity index is 1.54. The van der Waals surface area contributed by atoms with E-state index in [1.165, 1.54) is 12.0 Å². The molecule has 3 heterocycles. The molecule has 0 aliphatic carbocycles. The third kappa shape index (κ3) is 4.48. The number of methoxy groups -OCH3 is 1.